The average Bonchev–Trinajstić information content (AvgIpc) is 2.72. The largest absolute Gasteiger partial charge is 0.508 e. The number of benzene rings is 1. The van der Waals surface area contributed by atoms with Gasteiger partial charge in [0.05, 0.1) is 5.56 Å². The van der Waals surface area contributed by atoms with E-state index in [1.165, 1.54) is 29.5 Å². The summed E-state index contributed by atoms with van der Waals surface area (Å²) in [6.07, 6.45) is 3.08. The molecule has 0 aliphatic carbocycles. The Kier molecular flexibility index (Phi) is 3.84. The molecule has 0 fully saturated rings. The summed E-state index contributed by atoms with van der Waals surface area (Å²) in [6, 6.07) is 5.79. The summed E-state index contributed by atoms with van der Waals surface area (Å²) in [7, 11) is 0. The van der Waals surface area contributed by atoms with Crippen LogP contribution in [0.5, 0.6) is 11.5 Å². The van der Waals surface area contributed by atoms with Gasteiger partial charge in [-0.3, -0.25) is 4.79 Å². The topological polar surface area (TPSA) is 57.5 Å². The second-order valence-electron chi connectivity index (χ2n) is 3.57. The molecule has 0 radical (unpaired) electrons. The lowest BCUT2D eigenvalue weighted by molar-refractivity contribution is 0.104. The number of allylic oxidation sites excluding steroid dienone is 1. The Morgan fingerprint density at radius 3 is 2.67 bits per heavy atom. The van der Waals surface area contributed by atoms with Crippen molar-refractivity contribution < 1.29 is 15.0 Å². The lowest BCUT2D eigenvalue weighted by Gasteiger charge is -2.00. The van der Waals surface area contributed by atoms with Crippen LogP contribution in [-0.2, 0) is 0 Å². The van der Waals surface area contributed by atoms with Crippen LogP contribution in [0, 0.1) is 0 Å². The Labute approximate surface area is 116 Å². The second kappa shape index (κ2) is 5.37. The molecule has 0 atom stereocenters. The van der Waals surface area contributed by atoms with Gasteiger partial charge < -0.3 is 10.2 Å². The Morgan fingerprint density at radius 1 is 1.28 bits per heavy atom. The number of carbonyl (C=O) groups excluding carboxylic acids is 1. The summed E-state index contributed by atoms with van der Waals surface area (Å²) in [5.41, 5.74) is 0.166. The summed E-state index contributed by atoms with van der Waals surface area (Å²) >= 11 is 4.83. The van der Waals surface area contributed by atoms with Crippen LogP contribution in [-0.4, -0.2) is 16.0 Å². The van der Waals surface area contributed by atoms with Crippen molar-refractivity contribution in [1.82, 2.24) is 0 Å². The van der Waals surface area contributed by atoms with Crippen molar-refractivity contribution in [2.24, 2.45) is 0 Å². The molecule has 18 heavy (non-hydrogen) atoms. The maximum absolute atomic E-state index is 11.8. The Balaban J connectivity index is 2.19. The van der Waals surface area contributed by atoms with Crippen LogP contribution in [0.1, 0.15) is 15.2 Å². The van der Waals surface area contributed by atoms with Crippen molar-refractivity contribution in [1.29, 1.82) is 0 Å². The molecule has 0 saturated carbocycles. The minimum absolute atomic E-state index is 0.0739. The van der Waals surface area contributed by atoms with Gasteiger partial charge in [-0.05, 0) is 46.3 Å². The van der Waals surface area contributed by atoms with Crippen molar-refractivity contribution in [3.63, 3.8) is 0 Å². The fourth-order valence-electron chi connectivity index (χ4n) is 1.39. The fraction of sp³-hybridized carbons (Fsp3) is 0. The number of thiophene rings is 1. The smallest absolute Gasteiger partial charge is 0.189 e. The van der Waals surface area contributed by atoms with Crippen LogP contribution in [0.4, 0.5) is 0 Å². The van der Waals surface area contributed by atoms with E-state index in [0.29, 0.717) is 0 Å². The number of phenols is 2. The summed E-state index contributed by atoms with van der Waals surface area (Å²) in [5, 5.41) is 20.6. The molecule has 0 amide bonds. The third-order valence-electron chi connectivity index (χ3n) is 2.23. The molecule has 5 heteroatoms. The van der Waals surface area contributed by atoms with Crippen LogP contribution >= 0.6 is 27.3 Å². The predicted octanol–water partition coefficient (Wildman–Crippen LogP) is 3.82. The standard InChI is InChI=1S/C13H9BrO3S/c14-8-5-10(18-7-8)2-4-12(16)11-3-1-9(15)6-13(11)17/h1-7,15,17H/b4-2+. The van der Waals surface area contributed by atoms with Gasteiger partial charge in [0.1, 0.15) is 11.5 Å². The third-order valence-corrected chi connectivity index (χ3v) is 3.89. The van der Waals surface area contributed by atoms with E-state index in [4.69, 9.17) is 5.11 Å². The van der Waals surface area contributed by atoms with E-state index >= 15 is 0 Å². The zero-order valence-electron chi connectivity index (χ0n) is 9.13. The Morgan fingerprint density at radius 2 is 2.06 bits per heavy atom. The first-order chi connectivity index (χ1) is 8.56. The van der Waals surface area contributed by atoms with Gasteiger partial charge in [-0.15, -0.1) is 11.3 Å². The van der Waals surface area contributed by atoms with Crippen molar-refractivity contribution in [3.05, 3.63) is 50.6 Å². The predicted molar refractivity (Wildman–Crippen MR) is 75.2 cm³/mol. The fourth-order valence-corrected chi connectivity index (χ4v) is 2.73. The van der Waals surface area contributed by atoms with Gasteiger partial charge in [0.15, 0.2) is 5.78 Å². The minimum atomic E-state index is -0.308. The van der Waals surface area contributed by atoms with Crippen molar-refractivity contribution in [3.8, 4) is 11.5 Å². The molecule has 0 bridgehead atoms. The van der Waals surface area contributed by atoms with E-state index in [0.717, 1.165) is 15.4 Å². The first kappa shape index (κ1) is 12.9. The quantitative estimate of drug-likeness (QED) is 0.666. The zero-order valence-corrected chi connectivity index (χ0v) is 11.5. The van der Waals surface area contributed by atoms with Crippen LogP contribution in [0.2, 0.25) is 0 Å². The highest BCUT2D eigenvalue weighted by Crippen LogP contribution is 2.24. The highest BCUT2D eigenvalue weighted by Gasteiger charge is 2.08. The maximum Gasteiger partial charge on any atom is 0.189 e. The minimum Gasteiger partial charge on any atom is -0.508 e. The molecular formula is C13H9BrO3S. The molecule has 0 spiro atoms. The molecule has 0 aliphatic heterocycles. The molecule has 92 valence electrons. The molecule has 0 saturated heterocycles. The molecule has 2 rings (SSSR count). The van der Waals surface area contributed by atoms with Crippen molar-refractivity contribution in [2.45, 2.75) is 0 Å². The van der Waals surface area contributed by atoms with Gasteiger partial charge in [-0.2, -0.15) is 0 Å². The molecule has 1 aromatic carbocycles. The zero-order chi connectivity index (χ0) is 13.1. The van der Waals surface area contributed by atoms with E-state index in [1.54, 1.807) is 6.08 Å². The number of hydrogen-bond acceptors (Lipinski definition) is 4. The van der Waals surface area contributed by atoms with E-state index in [9.17, 15) is 9.90 Å². The Bertz CT molecular complexity index is 616. The van der Waals surface area contributed by atoms with Crippen molar-refractivity contribution in [2.75, 3.05) is 0 Å². The van der Waals surface area contributed by atoms with Crippen LogP contribution in [0.15, 0.2) is 40.2 Å². The molecule has 2 N–H and O–H groups in total. The molecule has 1 aromatic heterocycles. The van der Waals surface area contributed by atoms with E-state index in [2.05, 4.69) is 15.9 Å². The SMILES string of the molecule is O=C(/C=C/c1cc(Br)cs1)c1ccc(O)cc1O. The van der Waals surface area contributed by atoms with Gasteiger partial charge in [0.2, 0.25) is 0 Å². The number of rotatable bonds is 3. The van der Waals surface area contributed by atoms with Gasteiger partial charge in [0, 0.05) is 20.8 Å². The number of phenolic OH excluding ortho intramolecular Hbond substituents is 2. The van der Waals surface area contributed by atoms with E-state index < -0.39 is 0 Å². The number of halogens is 1. The highest BCUT2D eigenvalue weighted by atomic mass is 79.9. The lowest BCUT2D eigenvalue weighted by atomic mass is 10.1. The number of hydrogen-bond donors (Lipinski definition) is 2. The second-order valence-corrected chi connectivity index (χ2v) is 5.42. The first-order valence-electron chi connectivity index (χ1n) is 5.04. The summed E-state index contributed by atoms with van der Waals surface area (Å²) in [5.74, 6) is -0.607. The first-order valence-corrected chi connectivity index (χ1v) is 6.72. The van der Waals surface area contributed by atoms with Gasteiger partial charge in [-0.25, -0.2) is 0 Å². The van der Waals surface area contributed by atoms with Gasteiger partial charge in [0.25, 0.3) is 0 Å². The average molecular weight is 325 g/mol. The normalized spacial score (nSPS) is 10.9. The van der Waals surface area contributed by atoms with Gasteiger partial charge in [-0.1, -0.05) is 0 Å². The molecular weight excluding hydrogens is 316 g/mol. The third kappa shape index (κ3) is 3.00. The molecule has 3 nitrogen and oxygen atoms in total. The monoisotopic (exact) mass is 324 g/mol. The maximum atomic E-state index is 11.8. The molecule has 0 unspecified atom stereocenters. The molecule has 2 aromatic rings. The Hall–Kier alpha value is -1.59. The summed E-state index contributed by atoms with van der Waals surface area (Å²) < 4.78 is 0.965. The van der Waals surface area contributed by atoms with Gasteiger partial charge >= 0.3 is 0 Å². The lowest BCUT2D eigenvalue weighted by Crippen LogP contribution is -1.94. The summed E-state index contributed by atoms with van der Waals surface area (Å²) in [4.78, 5) is 12.8. The summed E-state index contributed by atoms with van der Waals surface area (Å²) in [6.45, 7) is 0. The van der Waals surface area contributed by atoms with Crippen LogP contribution in [0.25, 0.3) is 6.08 Å². The number of ketones is 1. The van der Waals surface area contributed by atoms with Crippen LogP contribution < -0.4 is 0 Å². The van der Waals surface area contributed by atoms with Crippen LogP contribution in [0.3, 0.4) is 0 Å². The van der Waals surface area contributed by atoms with E-state index in [-0.39, 0.29) is 22.8 Å². The molecule has 0 aliphatic rings. The number of aromatic hydroxyl groups is 2. The number of carbonyl (C=O) groups is 1. The highest BCUT2D eigenvalue weighted by molar-refractivity contribution is 9.10. The van der Waals surface area contributed by atoms with Crippen molar-refractivity contribution >= 4 is 39.1 Å². The van der Waals surface area contributed by atoms with E-state index in [1.807, 2.05) is 11.4 Å². The molecule has 1 heterocycles.